The molecule has 0 aliphatic heterocycles. The Bertz CT molecular complexity index is 600. The lowest BCUT2D eigenvalue weighted by Crippen LogP contribution is -2.16. The number of pyridine rings is 1. The molecule has 0 aromatic carbocycles. The maximum atomic E-state index is 12.1. The van der Waals surface area contributed by atoms with E-state index in [-0.39, 0.29) is 11.6 Å². The molecule has 1 amide bonds. The molecule has 6 heteroatoms. The maximum absolute atomic E-state index is 12.1. The van der Waals surface area contributed by atoms with E-state index in [0.29, 0.717) is 11.5 Å². The van der Waals surface area contributed by atoms with Crippen molar-refractivity contribution < 1.29 is 4.79 Å². The third kappa shape index (κ3) is 3.50. The summed E-state index contributed by atoms with van der Waals surface area (Å²) >= 11 is 0. The number of hydrogen-bond donors (Lipinski definition) is 2. The summed E-state index contributed by atoms with van der Waals surface area (Å²) in [7, 11) is 0. The van der Waals surface area contributed by atoms with Crippen LogP contribution in [0.4, 0.5) is 11.5 Å². The van der Waals surface area contributed by atoms with Crippen LogP contribution in [0.15, 0.2) is 30.7 Å². The second-order valence-electron chi connectivity index (χ2n) is 4.31. The van der Waals surface area contributed by atoms with E-state index in [2.05, 4.69) is 32.5 Å². The van der Waals surface area contributed by atoms with Crippen molar-refractivity contribution in [3.63, 3.8) is 0 Å². The Balaban J connectivity index is 2.11. The number of nitrogens with zero attached hydrogens (tertiary/aromatic N) is 3. The van der Waals surface area contributed by atoms with Gasteiger partial charge < -0.3 is 10.6 Å². The van der Waals surface area contributed by atoms with Gasteiger partial charge in [-0.2, -0.15) is 0 Å². The molecule has 0 aliphatic carbocycles. The van der Waals surface area contributed by atoms with Crippen LogP contribution in [0.5, 0.6) is 0 Å². The summed E-state index contributed by atoms with van der Waals surface area (Å²) in [6, 6.07) is 3.57. The van der Waals surface area contributed by atoms with Gasteiger partial charge in [0.05, 0.1) is 23.8 Å². The zero-order valence-electron chi connectivity index (χ0n) is 11.6. The molecule has 0 bridgehead atoms. The lowest BCUT2D eigenvalue weighted by molar-refractivity contribution is 0.102. The summed E-state index contributed by atoms with van der Waals surface area (Å²) < 4.78 is 0. The molecule has 0 atom stereocenters. The van der Waals surface area contributed by atoms with E-state index in [1.54, 1.807) is 24.5 Å². The molecule has 0 unspecified atom stereocenters. The Morgan fingerprint density at radius 3 is 2.95 bits per heavy atom. The Morgan fingerprint density at radius 2 is 2.20 bits per heavy atom. The number of amides is 1. The van der Waals surface area contributed by atoms with Gasteiger partial charge in [0.15, 0.2) is 0 Å². The van der Waals surface area contributed by atoms with Gasteiger partial charge in [0.25, 0.3) is 5.91 Å². The van der Waals surface area contributed by atoms with Crippen LogP contribution < -0.4 is 10.6 Å². The quantitative estimate of drug-likeness (QED) is 0.872. The third-order valence-corrected chi connectivity index (χ3v) is 2.68. The SMILES string of the molecule is CCCNc1cncc(C(=O)Nc2cccnc2C)n1. The highest BCUT2D eigenvalue weighted by Crippen LogP contribution is 2.12. The first-order valence-electron chi connectivity index (χ1n) is 6.49. The van der Waals surface area contributed by atoms with E-state index >= 15 is 0 Å². The molecule has 2 heterocycles. The molecule has 0 aliphatic rings. The molecule has 0 saturated heterocycles. The molecule has 104 valence electrons. The third-order valence-electron chi connectivity index (χ3n) is 2.68. The smallest absolute Gasteiger partial charge is 0.276 e. The van der Waals surface area contributed by atoms with Gasteiger partial charge in [-0.05, 0) is 25.5 Å². The molecule has 0 saturated carbocycles. The van der Waals surface area contributed by atoms with Gasteiger partial charge >= 0.3 is 0 Å². The van der Waals surface area contributed by atoms with Crippen LogP contribution in [0.25, 0.3) is 0 Å². The van der Waals surface area contributed by atoms with E-state index < -0.39 is 0 Å². The second-order valence-corrected chi connectivity index (χ2v) is 4.31. The van der Waals surface area contributed by atoms with Crippen molar-refractivity contribution in [3.05, 3.63) is 42.1 Å². The van der Waals surface area contributed by atoms with Gasteiger partial charge in [0.1, 0.15) is 11.5 Å². The number of anilines is 2. The van der Waals surface area contributed by atoms with Crippen molar-refractivity contribution in [1.82, 2.24) is 15.0 Å². The number of hydrogen-bond acceptors (Lipinski definition) is 5. The molecule has 0 spiro atoms. The largest absolute Gasteiger partial charge is 0.369 e. The van der Waals surface area contributed by atoms with Crippen LogP contribution in [-0.4, -0.2) is 27.4 Å². The molecular weight excluding hydrogens is 254 g/mol. The predicted molar refractivity (Wildman–Crippen MR) is 77.7 cm³/mol. The van der Waals surface area contributed by atoms with Crippen LogP contribution >= 0.6 is 0 Å². The highest BCUT2D eigenvalue weighted by molar-refractivity contribution is 6.03. The van der Waals surface area contributed by atoms with E-state index in [9.17, 15) is 4.79 Å². The second kappa shape index (κ2) is 6.60. The van der Waals surface area contributed by atoms with Gasteiger partial charge in [0, 0.05) is 12.7 Å². The molecule has 0 radical (unpaired) electrons. The zero-order chi connectivity index (χ0) is 14.4. The average Bonchev–Trinajstić information content (AvgIpc) is 2.48. The standard InChI is InChI=1S/C14H17N5O/c1-3-6-17-13-9-15-8-12(18-13)14(20)19-11-5-4-7-16-10(11)2/h4-5,7-9H,3,6H2,1-2H3,(H,17,18)(H,19,20). The topological polar surface area (TPSA) is 79.8 Å². The summed E-state index contributed by atoms with van der Waals surface area (Å²) in [4.78, 5) is 24.5. The Kier molecular flexibility index (Phi) is 4.60. The highest BCUT2D eigenvalue weighted by Gasteiger charge is 2.10. The number of nitrogens with one attached hydrogen (secondary N) is 2. The van der Waals surface area contributed by atoms with Gasteiger partial charge in [-0.25, -0.2) is 4.98 Å². The highest BCUT2D eigenvalue weighted by atomic mass is 16.1. The first-order valence-corrected chi connectivity index (χ1v) is 6.49. The van der Waals surface area contributed by atoms with Crippen molar-refractivity contribution in [2.24, 2.45) is 0 Å². The Labute approximate surface area is 117 Å². The van der Waals surface area contributed by atoms with Crippen LogP contribution in [0, 0.1) is 6.92 Å². The van der Waals surface area contributed by atoms with E-state index in [4.69, 9.17) is 0 Å². The summed E-state index contributed by atoms with van der Waals surface area (Å²) in [5.74, 6) is 0.302. The van der Waals surface area contributed by atoms with Crippen LogP contribution in [0.2, 0.25) is 0 Å². The van der Waals surface area contributed by atoms with Crippen molar-refractivity contribution >= 4 is 17.4 Å². The van der Waals surface area contributed by atoms with Gasteiger partial charge in [-0.15, -0.1) is 0 Å². The molecule has 0 fully saturated rings. The Hall–Kier alpha value is -2.50. The monoisotopic (exact) mass is 271 g/mol. The van der Waals surface area contributed by atoms with E-state index in [0.717, 1.165) is 18.7 Å². The lowest BCUT2D eigenvalue weighted by atomic mass is 10.3. The average molecular weight is 271 g/mol. The van der Waals surface area contributed by atoms with E-state index in [1.807, 2.05) is 6.92 Å². The molecule has 2 rings (SSSR count). The minimum atomic E-state index is -0.297. The minimum absolute atomic E-state index is 0.273. The van der Waals surface area contributed by atoms with Crippen LogP contribution in [-0.2, 0) is 0 Å². The van der Waals surface area contributed by atoms with E-state index in [1.165, 1.54) is 6.20 Å². The summed E-state index contributed by atoms with van der Waals surface area (Å²) in [5.41, 5.74) is 1.70. The number of carbonyl (C=O) groups excluding carboxylic acids is 1. The number of aryl methyl sites for hydroxylation is 1. The Morgan fingerprint density at radius 1 is 1.35 bits per heavy atom. The summed E-state index contributed by atoms with van der Waals surface area (Å²) in [6.07, 6.45) is 5.70. The van der Waals surface area contributed by atoms with Crippen LogP contribution in [0.3, 0.4) is 0 Å². The summed E-state index contributed by atoms with van der Waals surface area (Å²) in [6.45, 7) is 4.68. The fraction of sp³-hybridized carbons (Fsp3) is 0.286. The molecular formula is C14H17N5O. The molecule has 20 heavy (non-hydrogen) atoms. The predicted octanol–water partition coefficient (Wildman–Crippen LogP) is 2.25. The van der Waals surface area contributed by atoms with Crippen molar-refractivity contribution in [2.75, 3.05) is 17.2 Å². The fourth-order valence-corrected chi connectivity index (χ4v) is 1.62. The molecule has 2 aromatic heterocycles. The number of rotatable bonds is 5. The molecule has 2 N–H and O–H groups in total. The zero-order valence-corrected chi connectivity index (χ0v) is 11.6. The lowest BCUT2D eigenvalue weighted by Gasteiger charge is -2.08. The van der Waals surface area contributed by atoms with Crippen molar-refractivity contribution in [3.8, 4) is 0 Å². The number of carbonyl (C=O) groups is 1. The van der Waals surface area contributed by atoms with Gasteiger partial charge in [0.2, 0.25) is 0 Å². The fourth-order valence-electron chi connectivity index (χ4n) is 1.62. The van der Waals surface area contributed by atoms with Gasteiger partial charge in [-0.3, -0.25) is 14.8 Å². The number of aromatic nitrogens is 3. The summed E-state index contributed by atoms with van der Waals surface area (Å²) in [5, 5.41) is 5.88. The van der Waals surface area contributed by atoms with Gasteiger partial charge in [-0.1, -0.05) is 6.92 Å². The first kappa shape index (κ1) is 13.9. The minimum Gasteiger partial charge on any atom is -0.369 e. The normalized spacial score (nSPS) is 10.1. The molecule has 6 nitrogen and oxygen atoms in total. The maximum Gasteiger partial charge on any atom is 0.276 e. The molecule has 2 aromatic rings. The van der Waals surface area contributed by atoms with Crippen LogP contribution in [0.1, 0.15) is 29.5 Å². The van der Waals surface area contributed by atoms with Crippen molar-refractivity contribution in [2.45, 2.75) is 20.3 Å². The first-order chi connectivity index (χ1) is 9.70. The van der Waals surface area contributed by atoms with Crippen molar-refractivity contribution in [1.29, 1.82) is 0 Å².